The number of nitrogens with one attached hydrogen (secondary N) is 2. The second-order valence-corrected chi connectivity index (χ2v) is 7.35. The number of benzene rings is 1. The van der Waals surface area contributed by atoms with Gasteiger partial charge in [0.25, 0.3) is 0 Å². The van der Waals surface area contributed by atoms with Gasteiger partial charge in [-0.2, -0.15) is 0 Å². The van der Waals surface area contributed by atoms with Crippen LogP contribution in [0.15, 0.2) is 23.2 Å². The predicted molar refractivity (Wildman–Crippen MR) is 118 cm³/mol. The summed E-state index contributed by atoms with van der Waals surface area (Å²) in [5.41, 5.74) is 1.60. The van der Waals surface area contributed by atoms with Crippen LogP contribution in [-0.4, -0.2) is 50.2 Å². The Kier molecular flexibility index (Phi) is 9.25. The molecule has 2 fully saturated rings. The molecule has 27 heavy (non-hydrogen) atoms. The minimum atomic E-state index is -0.226. The summed E-state index contributed by atoms with van der Waals surface area (Å²) in [5, 5.41) is 6.88. The van der Waals surface area contributed by atoms with Crippen molar-refractivity contribution in [2.75, 3.05) is 27.2 Å². The van der Waals surface area contributed by atoms with E-state index in [-0.39, 0.29) is 36.4 Å². The lowest BCUT2D eigenvalue weighted by atomic mass is 10.1. The van der Waals surface area contributed by atoms with Crippen molar-refractivity contribution < 1.29 is 9.13 Å². The van der Waals surface area contributed by atoms with Crippen LogP contribution in [0.5, 0.6) is 0 Å². The molecule has 1 unspecified atom stereocenters. The molecule has 1 heterocycles. The van der Waals surface area contributed by atoms with E-state index < -0.39 is 0 Å². The summed E-state index contributed by atoms with van der Waals surface area (Å²) in [5.74, 6) is 0.581. The quantitative estimate of drug-likeness (QED) is 0.365. The van der Waals surface area contributed by atoms with Gasteiger partial charge in [0.1, 0.15) is 5.82 Å². The third-order valence-corrected chi connectivity index (χ3v) is 5.50. The number of aliphatic imine (C=N–C) groups is 1. The predicted octanol–water partition coefficient (Wildman–Crippen LogP) is 3.27. The van der Waals surface area contributed by atoms with Crippen LogP contribution in [0.2, 0.25) is 0 Å². The highest BCUT2D eigenvalue weighted by Gasteiger charge is 2.30. The van der Waals surface area contributed by atoms with Crippen molar-refractivity contribution in [3.8, 4) is 0 Å². The van der Waals surface area contributed by atoms with Crippen LogP contribution in [0.25, 0.3) is 0 Å². The summed E-state index contributed by atoms with van der Waals surface area (Å²) in [6.07, 6.45) is 6.63. The third-order valence-electron chi connectivity index (χ3n) is 5.50. The molecule has 0 aromatic heterocycles. The van der Waals surface area contributed by atoms with E-state index in [2.05, 4.69) is 20.5 Å². The normalized spacial score (nSPS) is 21.3. The summed E-state index contributed by atoms with van der Waals surface area (Å²) in [6.45, 7) is 3.17. The Bertz CT molecular complexity index is 622. The molecule has 1 aromatic rings. The van der Waals surface area contributed by atoms with Crippen molar-refractivity contribution in [3.05, 3.63) is 35.1 Å². The molecule has 1 aromatic carbocycles. The average Bonchev–Trinajstić information content (AvgIpc) is 3.32. The fourth-order valence-electron chi connectivity index (χ4n) is 4.08. The molecule has 2 N–H and O–H groups in total. The number of rotatable bonds is 6. The minimum Gasteiger partial charge on any atom is -0.380 e. The molecule has 3 rings (SSSR count). The number of likely N-dealkylation sites (tertiary alicyclic amines) is 1. The van der Waals surface area contributed by atoms with E-state index in [0.29, 0.717) is 18.2 Å². The molecule has 0 bridgehead atoms. The van der Waals surface area contributed by atoms with Crippen molar-refractivity contribution >= 4 is 29.9 Å². The lowest BCUT2D eigenvalue weighted by Crippen LogP contribution is -2.45. The molecule has 1 saturated carbocycles. The van der Waals surface area contributed by atoms with Gasteiger partial charge in [-0.15, -0.1) is 24.0 Å². The first kappa shape index (κ1) is 22.4. The van der Waals surface area contributed by atoms with E-state index in [1.54, 1.807) is 20.2 Å². The number of ether oxygens (including phenoxy) is 1. The highest BCUT2D eigenvalue weighted by atomic mass is 127. The Labute approximate surface area is 179 Å². The van der Waals surface area contributed by atoms with Gasteiger partial charge in [-0.25, -0.2) is 4.39 Å². The summed E-state index contributed by atoms with van der Waals surface area (Å²) in [4.78, 5) is 6.98. The van der Waals surface area contributed by atoms with E-state index >= 15 is 0 Å². The molecular formula is C20H32FIN4O. The molecule has 2 aliphatic rings. The first-order valence-corrected chi connectivity index (χ1v) is 9.67. The zero-order chi connectivity index (χ0) is 18.4. The van der Waals surface area contributed by atoms with Crippen molar-refractivity contribution in [1.29, 1.82) is 0 Å². The Hall–Kier alpha value is -0.930. The number of halogens is 2. The molecule has 152 valence electrons. The number of nitrogens with zero attached hydrogens (tertiary/aromatic N) is 2. The van der Waals surface area contributed by atoms with Crippen LogP contribution in [0, 0.1) is 5.82 Å². The maximum absolute atomic E-state index is 13.7. The van der Waals surface area contributed by atoms with E-state index in [9.17, 15) is 4.39 Å². The Morgan fingerprint density at radius 3 is 2.78 bits per heavy atom. The molecule has 1 saturated heterocycles. The maximum Gasteiger partial charge on any atom is 0.191 e. The zero-order valence-electron chi connectivity index (χ0n) is 16.3. The van der Waals surface area contributed by atoms with E-state index in [0.717, 1.165) is 30.5 Å². The zero-order valence-corrected chi connectivity index (χ0v) is 18.7. The Balaban J connectivity index is 0.00000261. The minimum absolute atomic E-state index is 0. The lowest BCUT2D eigenvalue weighted by Gasteiger charge is -2.24. The van der Waals surface area contributed by atoms with Gasteiger partial charge in [-0.3, -0.25) is 9.89 Å². The van der Waals surface area contributed by atoms with Gasteiger partial charge in [-0.05, 0) is 37.0 Å². The molecule has 0 spiro atoms. The summed E-state index contributed by atoms with van der Waals surface area (Å²) in [6, 6.07) is 6.37. The second-order valence-electron chi connectivity index (χ2n) is 7.35. The molecule has 0 radical (unpaired) electrons. The van der Waals surface area contributed by atoms with Gasteiger partial charge in [-0.1, -0.05) is 18.9 Å². The maximum atomic E-state index is 13.7. The van der Waals surface area contributed by atoms with E-state index in [4.69, 9.17) is 4.74 Å². The molecule has 1 atom stereocenters. The summed E-state index contributed by atoms with van der Waals surface area (Å²) in [7, 11) is 3.37. The Morgan fingerprint density at radius 2 is 2.07 bits per heavy atom. The molecule has 1 aliphatic carbocycles. The number of hydrogen-bond acceptors (Lipinski definition) is 3. The van der Waals surface area contributed by atoms with Crippen molar-refractivity contribution in [3.63, 3.8) is 0 Å². The van der Waals surface area contributed by atoms with E-state index in [1.165, 1.54) is 38.3 Å². The first-order chi connectivity index (χ1) is 12.7. The van der Waals surface area contributed by atoms with Crippen LogP contribution in [0.4, 0.5) is 4.39 Å². The van der Waals surface area contributed by atoms with Crippen LogP contribution >= 0.6 is 24.0 Å². The number of hydrogen-bond donors (Lipinski definition) is 2. The number of methoxy groups -OCH3 is 1. The van der Waals surface area contributed by atoms with Gasteiger partial charge in [0.15, 0.2) is 5.96 Å². The van der Waals surface area contributed by atoms with Crippen LogP contribution < -0.4 is 10.6 Å². The SMILES string of the molecule is CN=C(NCc1ccc(F)c(COC)c1)NC1CCN(C2CCCC2)C1.I. The lowest BCUT2D eigenvalue weighted by molar-refractivity contribution is 0.181. The third kappa shape index (κ3) is 6.29. The summed E-state index contributed by atoms with van der Waals surface area (Å²) >= 11 is 0. The van der Waals surface area contributed by atoms with Gasteiger partial charge in [0, 0.05) is 51.4 Å². The van der Waals surface area contributed by atoms with E-state index in [1.807, 2.05) is 6.07 Å². The highest BCUT2D eigenvalue weighted by Crippen LogP contribution is 2.26. The monoisotopic (exact) mass is 490 g/mol. The van der Waals surface area contributed by atoms with Gasteiger partial charge >= 0.3 is 0 Å². The largest absolute Gasteiger partial charge is 0.380 e. The number of guanidine groups is 1. The topological polar surface area (TPSA) is 48.9 Å². The molecule has 1 aliphatic heterocycles. The standard InChI is InChI=1S/C20H31FN4O.HI/c1-22-20(23-12-15-7-8-19(21)16(11-15)14-26-2)24-17-9-10-25(13-17)18-5-3-4-6-18;/h7-8,11,17-18H,3-6,9-10,12-14H2,1-2H3,(H2,22,23,24);1H. The van der Waals surface area contributed by atoms with Gasteiger partial charge in [0.05, 0.1) is 6.61 Å². The second kappa shape index (κ2) is 11.2. The first-order valence-electron chi connectivity index (χ1n) is 9.67. The van der Waals surface area contributed by atoms with Crippen LogP contribution in [0.3, 0.4) is 0 Å². The van der Waals surface area contributed by atoms with Crippen LogP contribution in [0.1, 0.15) is 43.2 Å². The Morgan fingerprint density at radius 1 is 1.30 bits per heavy atom. The fourth-order valence-corrected chi connectivity index (χ4v) is 4.08. The summed E-state index contributed by atoms with van der Waals surface area (Å²) < 4.78 is 18.8. The molecule has 5 nitrogen and oxygen atoms in total. The molecule has 7 heteroatoms. The van der Waals surface area contributed by atoms with Gasteiger partial charge < -0.3 is 15.4 Å². The van der Waals surface area contributed by atoms with Crippen molar-refractivity contribution in [2.24, 2.45) is 4.99 Å². The molecule has 0 amide bonds. The smallest absolute Gasteiger partial charge is 0.191 e. The average molecular weight is 490 g/mol. The van der Waals surface area contributed by atoms with Crippen molar-refractivity contribution in [1.82, 2.24) is 15.5 Å². The highest BCUT2D eigenvalue weighted by molar-refractivity contribution is 14.0. The van der Waals surface area contributed by atoms with Gasteiger partial charge in [0.2, 0.25) is 0 Å². The van der Waals surface area contributed by atoms with Crippen molar-refractivity contribution in [2.45, 2.75) is 57.3 Å². The molecular weight excluding hydrogens is 458 g/mol. The van der Waals surface area contributed by atoms with Crippen LogP contribution in [-0.2, 0) is 17.9 Å². The fraction of sp³-hybridized carbons (Fsp3) is 0.650.